The molecule has 0 aromatic heterocycles. The minimum atomic E-state index is -6.84. The zero-order valence-corrected chi connectivity index (χ0v) is 32.7. The molecule has 2 nitrogen and oxygen atoms in total. The Hall–Kier alpha value is 0.1000. The van der Waals surface area contributed by atoms with Gasteiger partial charge in [0.25, 0.3) is 0 Å². The van der Waals surface area contributed by atoms with Crippen LogP contribution < -0.4 is 0 Å². The molecule has 0 aliphatic heterocycles. The topological polar surface area (TPSA) is 0 Å². The fourth-order valence-corrected chi connectivity index (χ4v) is 50.1. The molecule has 2 aliphatic carbocycles. The summed E-state index contributed by atoms with van der Waals surface area (Å²) in [6.45, 7) is 10.7. The molecule has 0 heterocycles. The summed E-state index contributed by atoms with van der Waals surface area (Å²) in [6, 6.07) is 13.1. The van der Waals surface area contributed by atoms with Gasteiger partial charge < -0.3 is 0 Å². The van der Waals surface area contributed by atoms with E-state index in [1.165, 1.54) is 22.3 Å². The van der Waals surface area contributed by atoms with E-state index in [0.29, 0.717) is 0 Å². The molecule has 2 atom stereocenters. The van der Waals surface area contributed by atoms with Gasteiger partial charge in [0.2, 0.25) is 0 Å². The monoisotopic (exact) mass is 719 g/mol. The van der Waals surface area contributed by atoms with E-state index in [-0.39, 0.29) is 0 Å². The third kappa shape index (κ3) is 5.23. The second kappa shape index (κ2) is 9.31. The van der Waals surface area contributed by atoms with Crippen molar-refractivity contribution in [2.24, 2.45) is 0 Å². The third-order valence-electron chi connectivity index (χ3n) is 9.92. The normalized spacial score (nSPS) is 22.1. The first kappa shape index (κ1) is 33.0. The molecule has 0 fully saturated rings. The quantitative estimate of drug-likeness (QED) is 0.179. The number of rotatable bonds is 9. The summed E-state index contributed by atoms with van der Waals surface area (Å²) < 4.78 is 0.970. The number of fused-ring (bicyclic) bond motifs is 2. The van der Waals surface area contributed by atoms with E-state index in [4.69, 9.17) is 34.1 Å². The van der Waals surface area contributed by atoms with Crippen molar-refractivity contribution < 1.29 is 19.2 Å². The maximum atomic E-state index is 8.36. The van der Waals surface area contributed by atoms with Crippen LogP contribution in [0.5, 0.6) is 0 Å². The van der Waals surface area contributed by atoms with E-state index in [9.17, 15) is 0 Å². The van der Waals surface area contributed by atoms with Gasteiger partial charge in [-0.25, -0.2) is 0 Å². The average molecular weight is 723 g/mol. The number of benzene rings is 2. The standard InChI is InChI=1S/2C15H21N.C2H7Si.4ClH.Zr/c2*1-12-10-14-7-5-6-13(15(14)11-12)8-9-16(2,3)4;1-3-2;;;;;/h2*5-7,10-11H,8-9H2,1-4H3;3H,1-2H3;4*1H;/q2*+1;;;;;;+4/p-4. The van der Waals surface area contributed by atoms with Crippen molar-refractivity contribution in [3.8, 4) is 0 Å². The summed E-state index contributed by atoms with van der Waals surface area (Å²) in [6.07, 6.45) is 6.48. The molecule has 0 spiro atoms. The molecule has 8 heteroatoms. The van der Waals surface area contributed by atoms with E-state index in [2.05, 4.69) is 118 Å². The van der Waals surface area contributed by atoms with Gasteiger partial charge in [0, 0.05) is 0 Å². The van der Waals surface area contributed by atoms with Crippen LogP contribution in [0.15, 0.2) is 47.5 Å². The number of quaternary nitrogens is 2. The number of hydrogen-bond donors (Lipinski definition) is 0. The second-order valence-electron chi connectivity index (χ2n) is 15.4. The number of likely N-dealkylation sites (N-methyl/N-ethyl adjacent to an activating group) is 2. The van der Waals surface area contributed by atoms with E-state index in [1.54, 1.807) is 0 Å². The van der Waals surface area contributed by atoms with E-state index in [1.807, 2.05) is 0 Å². The Labute approximate surface area is 252 Å². The Bertz CT molecular complexity index is 1350. The van der Waals surface area contributed by atoms with Gasteiger partial charge in [-0.3, -0.25) is 0 Å². The van der Waals surface area contributed by atoms with E-state index in [0.717, 1.165) is 57.2 Å². The minimum absolute atomic E-state index is 0.414. The summed E-state index contributed by atoms with van der Waals surface area (Å²) >= 11 is 0. The molecular weight excluding hydrogens is 673 g/mol. The van der Waals surface area contributed by atoms with Crippen LogP contribution in [0, 0.1) is 0 Å². The fraction of sp³-hybridized carbons (Fsp3) is 0.500. The van der Waals surface area contributed by atoms with Crippen molar-refractivity contribution in [2.75, 3.05) is 55.4 Å². The van der Waals surface area contributed by atoms with Crippen LogP contribution in [0.2, 0.25) is 13.1 Å². The predicted octanol–water partition coefficient (Wildman–Crippen LogP) is 9.16. The molecular formula is C32H49Cl4N2SiZr+2. The summed E-state index contributed by atoms with van der Waals surface area (Å²) in [7, 11) is 40.0. The first-order valence-electron chi connectivity index (χ1n) is 14.6. The van der Waals surface area contributed by atoms with Gasteiger partial charge >= 0.3 is 255 Å². The molecule has 0 bridgehead atoms. The molecule has 0 radical (unpaired) electrons. The predicted molar refractivity (Wildman–Crippen MR) is 181 cm³/mol. The van der Waals surface area contributed by atoms with Crippen LogP contribution in [0.3, 0.4) is 0 Å². The van der Waals surface area contributed by atoms with Crippen LogP contribution in [0.1, 0.15) is 54.5 Å². The molecule has 0 saturated heterocycles. The third-order valence-corrected chi connectivity index (χ3v) is 92.3. The van der Waals surface area contributed by atoms with Crippen LogP contribution in [0.4, 0.5) is 0 Å². The summed E-state index contributed by atoms with van der Waals surface area (Å²) in [4.78, 5) is 0. The Kier molecular flexibility index (Phi) is 7.68. The Morgan fingerprint density at radius 3 is 1.30 bits per heavy atom. The van der Waals surface area contributed by atoms with Crippen molar-refractivity contribution in [2.45, 2.75) is 47.0 Å². The average Bonchev–Trinajstić information content (AvgIpc) is 3.32. The molecule has 0 N–H and O–H groups in total. The van der Waals surface area contributed by atoms with Crippen molar-refractivity contribution >= 4 is 52.1 Å². The fourth-order valence-electron chi connectivity index (χ4n) is 7.46. The van der Waals surface area contributed by atoms with Crippen molar-refractivity contribution in [1.82, 2.24) is 0 Å². The number of nitrogens with zero attached hydrogens (tertiary/aromatic N) is 2. The van der Waals surface area contributed by atoms with Gasteiger partial charge in [-0.05, 0) is 0 Å². The number of halogens is 4. The zero-order valence-electron chi connectivity index (χ0n) is 26.1. The first-order chi connectivity index (χ1) is 17.9. The second-order valence-corrected chi connectivity index (χ2v) is 95.3. The van der Waals surface area contributed by atoms with Gasteiger partial charge in [0.1, 0.15) is 0 Å². The molecule has 2 aliphatic rings. The van der Waals surface area contributed by atoms with E-state index < -0.39 is 23.4 Å². The summed E-state index contributed by atoms with van der Waals surface area (Å²) in [5, 5.41) is 0. The summed E-state index contributed by atoms with van der Waals surface area (Å²) in [5.74, 6) is -2.20. The molecule has 40 heavy (non-hydrogen) atoms. The number of allylic oxidation sites excluding steroid dienone is 2. The van der Waals surface area contributed by atoms with Crippen molar-refractivity contribution in [3.05, 3.63) is 80.9 Å². The van der Waals surface area contributed by atoms with Crippen LogP contribution in [-0.4, -0.2) is 70.3 Å². The van der Waals surface area contributed by atoms with Gasteiger partial charge in [0.15, 0.2) is 0 Å². The number of hydrogen-bond acceptors (Lipinski definition) is 0. The molecule has 221 valence electrons. The van der Waals surface area contributed by atoms with Gasteiger partial charge in [0.05, 0.1) is 0 Å². The van der Waals surface area contributed by atoms with Crippen LogP contribution in [-0.2, 0) is 23.0 Å². The molecule has 4 rings (SSSR count). The van der Waals surface area contributed by atoms with Crippen LogP contribution >= 0.6 is 34.1 Å². The summed E-state index contributed by atoms with van der Waals surface area (Å²) in [5.41, 5.74) is 9.43. The Morgan fingerprint density at radius 2 is 1.00 bits per heavy atom. The van der Waals surface area contributed by atoms with Crippen molar-refractivity contribution in [3.63, 3.8) is 0 Å². The maximum absolute atomic E-state index is 8.36. The first-order valence-corrected chi connectivity index (χ1v) is 37.2. The molecule has 2 aromatic rings. The molecule has 0 amide bonds. The molecule has 2 unspecified atom stereocenters. The van der Waals surface area contributed by atoms with Gasteiger partial charge in [-0.2, -0.15) is 0 Å². The SMILES string of the molecule is CC1=Cc2c(CC[N+](C)(C)C)cccc2[CH]1[Zr]([Cl])([Cl])([Cl])([Cl])([CH]1C(C)=Cc2c(CC[N+](C)(C)C)cccc21)[SiH](C)C. The van der Waals surface area contributed by atoms with Gasteiger partial charge in [-0.1, -0.05) is 0 Å². The van der Waals surface area contributed by atoms with Crippen LogP contribution in [0.25, 0.3) is 12.2 Å². The van der Waals surface area contributed by atoms with Gasteiger partial charge in [-0.15, -0.1) is 0 Å². The van der Waals surface area contributed by atoms with E-state index >= 15 is 0 Å². The Morgan fingerprint density at radius 1 is 0.650 bits per heavy atom. The van der Waals surface area contributed by atoms with Crippen molar-refractivity contribution in [1.29, 1.82) is 0 Å². The Balaban J connectivity index is 1.96. The zero-order chi connectivity index (χ0) is 30.2. The molecule has 2 aromatic carbocycles. The molecule has 0 saturated carbocycles.